The summed E-state index contributed by atoms with van der Waals surface area (Å²) in [5.74, 6) is 0. The van der Waals surface area contributed by atoms with Crippen molar-refractivity contribution in [1.29, 1.82) is 0 Å². The first-order valence-corrected chi connectivity index (χ1v) is 3.43. The van der Waals surface area contributed by atoms with Crippen LogP contribution >= 0.6 is 0 Å². The van der Waals surface area contributed by atoms with Gasteiger partial charge in [-0.3, -0.25) is 0 Å². The summed E-state index contributed by atoms with van der Waals surface area (Å²) in [6, 6.07) is 0. The van der Waals surface area contributed by atoms with E-state index in [0.717, 1.165) is 9.36 Å². The molecule has 0 fully saturated rings. The summed E-state index contributed by atoms with van der Waals surface area (Å²) in [6.07, 6.45) is 3.23. The van der Waals surface area contributed by atoms with Crippen LogP contribution in [0, 0.1) is 0 Å². The molecule has 0 bridgehead atoms. The number of hydrogen-bond donors (Lipinski definition) is 0. The molecule has 1 heterocycles. The fraction of sp³-hybridized carbons (Fsp3) is 0.500. The van der Waals surface area contributed by atoms with Crippen LogP contribution in [0.1, 0.15) is 6.92 Å². The van der Waals surface area contributed by atoms with Gasteiger partial charge in [0.2, 0.25) is 0 Å². The maximum atomic E-state index is 11.2. The lowest BCUT2D eigenvalue weighted by Gasteiger charge is -1.91. The van der Waals surface area contributed by atoms with Crippen LogP contribution < -0.4 is 5.69 Å². The number of methoxy groups -OCH3 is 1. The summed E-state index contributed by atoms with van der Waals surface area (Å²) >= 11 is 0. The quantitative estimate of drug-likeness (QED) is 0.615. The summed E-state index contributed by atoms with van der Waals surface area (Å²) in [7, 11) is 1.49. The second kappa shape index (κ2) is 3.82. The molecule has 0 aliphatic rings. The van der Waals surface area contributed by atoms with Gasteiger partial charge >= 0.3 is 5.69 Å². The average Bonchev–Trinajstić information content (AvgIpc) is 2.38. The molecule has 1 aromatic heterocycles. The highest BCUT2D eigenvalue weighted by atomic mass is 16.5. The molecule has 0 radical (unpaired) electrons. The fourth-order valence-electron chi connectivity index (χ4n) is 0.724. The molecule has 0 aromatic carbocycles. The third-order valence-corrected chi connectivity index (χ3v) is 1.20. The molecule has 0 aliphatic heterocycles. The first-order valence-electron chi connectivity index (χ1n) is 3.43. The minimum absolute atomic E-state index is 0.121. The number of nitrogens with zero attached hydrogens (tertiary/aromatic N) is 4. The van der Waals surface area contributed by atoms with Gasteiger partial charge in [-0.2, -0.15) is 9.36 Å². The van der Waals surface area contributed by atoms with Crippen molar-refractivity contribution in [3.05, 3.63) is 16.6 Å². The van der Waals surface area contributed by atoms with Gasteiger partial charge in [0.05, 0.1) is 0 Å². The predicted molar refractivity (Wildman–Crippen MR) is 42.3 cm³/mol. The Morgan fingerprint density at radius 1 is 1.58 bits per heavy atom. The largest absolute Gasteiger partial charge is 0.370 e. The number of allylic oxidation sites excluding steroid dienone is 1. The molecule has 0 N–H and O–H groups in total. The van der Waals surface area contributed by atoms with Crippen molar-refractivity contribution in [3.8, 4) is 0 Å². The minimum Gasteiger partial charge on any atom is -0.362 e. The molecule has 0 amide bonds. The standard InChI is InChI=1S/C6H10N4O2/c1-3-4-9-6(11)10(5-12-2)8-7-9/h3-4H,5H2,1-2H3/b4-3-. The molecule has 0 atom stereocenters. The van der Waals surface area contributed by atoms with Gasteiger partial charge in [0, 0.05) is 13.3 Å². The summed E-state index contributed by atoms with van der Waals surface area (Å²) in [5.41, 5.74) is -0.310. The Morgan fingerprint density at radius 2 is 2.33 bits per heavy atom. The van der Waals surface area contributed by atoms with Crippen molar-refractivity contribution < 1.29 is 4.74 Å². The normalized spacial score (nSPS) is 11.2. The molecule has 0 aliphatic carbocycles. The van der Waals surface area contributed by atoms with E-state index in [9.17, 15) is 4.79 Å². The first-order chi connectivity index (χ1) is 5.79. The zero-order valence-corrected chi connectivity index (χ0v) is 6.97. The van der Waals surface area contributed by atoms with E-state index in [2.05, 4.69) is 10.4 Å². The zero-order chi connectivity index (χ0) is 8.97. The van der Waals surface area contributed by atoms with Crippen LogP contribution in [0.2, 0.25) is 0 Å². The highest BCUT2D eigenvalue weighted by Gasteiger charge is 2.01. The van der Waals surface area contributed by atoms with Gasteiger partial charge < -0.3 is 4.74 Å². The van der Waals surface area contributed by atoms with Crippen molar-refractivity contribution in [3.63, 3.8) is 0 Å². The van der Waals surface area contributed by atoms with Gasteiger partial charge in [0.1, 0.15) is 6.73 Å². The summed E-state index contributed by atoms with van der Waals surface area (Å²) in [6.45, 7) is 1.91. The van der Waals surface area contributed by atoms with E-state index in [1.54, 1.807) is 13.0 Å². The Labute approximate surface area is 69.0 Å². The van der Waals surface area contributed by atoms with Crippen LogP contribution in [0.15, 0.2) is 10.9 Å². The topological polar surface area (TPSA) is 61.9 Å². The highest BCUT2D eigenvalue weighted by Crippen LogP contribution is 1.77. The van der Waals surface area contributed by atoms with Crippen molar-refractivity contribution in [2.75, 3.05) is 7.11 Å². The maximum absolute atomic E-state index is 11.2. The van der Waals surface area contributed by atoms with Crippen molar-refractivity contribution in [2.24, 2.45) is 0 Å². The lowest BCUT2D eigenvalue weighted by atomic mass is 10.7. The summed E-state index contributed by atoms with van der Waals surface area (Å²) in [5, 5.41) is 7.14. The molecule has 1 rings (SSSR count). The predicted octanol–water partition coefficient (Wildman–Crippen LogP) is -0.466. The lowest BCUT2D eigenvalue weighted by molar-refractivity contribution is 0.116. The van der Waals surface area contributed by atoms with Crippen LogP contribution in [0.5, 0.6) is 0 Å². The Morgan fingerprint density at radius 3 is 2.92 bits per heavy atom. The number of ether oxygens (including phenoxy) is 1. The molecule has 0 spiro atoms. The monoisotopic (exact) mass is 170 g/mol. The number of aromatic nitrogens is 4. The Hall–Kier alpha value is -1.43. The second-order valence-corrected chi connectivity index (χ2v) is 2.11. The van der Waals surface area contributed by atoms with E-state index in [1.165, 1.54) is 13.3 Å². The van der Waals surface area contributed by atoms with Gasteiger partial charge in [-0.05, 0) is 17.4 Å². The van der Waals surface area contributed by atoms with Crippen LogP contribution in [-0.4, -0.2) is 26.9 Å². The van der Waals surface area contributed by atoms with E-state index in [-0.39, 0.29) is 12.4 Å². The van der Waals surface area contributed by atoms with E-state index in [4.69, 9.17) is 4.74 Å². The number of hydrogen-bond acceptors (Lipinski definition) is 4. The molecule has 66 valence electrons. The molecular weight excluding hydrogens is 160 g/mol. The van der Waals surface area contributed by atoms with E-state index in [1.807, 2.05) is 0 Å². The Bertz CT molecular complexity index is 325. The Kier molecular flexibility index (Phi) is 2.76. The minimum atomic E-state index is -0.310. The van der Waals surface area contributed by atoms with Gasteiger partial charge in [0.15, 0.2) is 0 Å². The maximum Gasteiger partial charge on any atom is 0.370 e. The Balaban J connectivity index is 2.97. The molecular formula is C6H10N4O2. The van der Waals surface area contributed by atoms with Crippen LogP contribution in [0.25, 0.3) is 6.20 Å². The third kappa shape index (κ3) is 1.59. The van der Waals surface area contributed by atoms with Gasteiger partial charge in [-0.25, -0.2) is 4.79 Å². The van der Waals surface area contributed by atoms with Gasteiger partial charge in [-0.15, -0.1) is 0 Å². The van der Waals surface area contributed by atoms with Crippen LogP contribution in [0.3, 0.4) is 0 Å². The second-order valence-electron chi connectivity index (χ2n) is 2.11. The van der Waals surface area contributed by atoms with Gasteiger partial charge in [-0.1, -0.05) is 6.08 Å². The first kappa shape index (κ1) is 8.66. The fourth-order valence-corrected chi connectivity index (χ4v) is 0.724. The molecule has 0 saturated heterocycles. The summed E-state index contributed by atoms with van der Waals surface area (Å²) < 4.78 is 6.99. The number of rotatable bonds is 3. The SMILES string of the molecule is C/C=C\n1nnn(COC)c1=O. The molecule has 12 heavy (non-hydrogen) atoms. The third-order valence-electron chi connectivity index (χ3n) is 1.20. The molecule has 0 saturated carbocycles. The van der Waals surface area contributed by atoms with E-state index >= 15 is 0 Å². The van der Waals surface area contributed by atoms with Crippen LogP contribution in [0.4, 0.5) is 0 Å². The highest BCUT2D eigenvalue weighted by molar-refractivity contribution is 5.15. The van der Waals surface area contributed by atoms with Crippen molar-refractivity contribution in [1.82, 2.24) is 19.8 Å². The van der Waals surface area contributed by atoms with Crippen molar-refractivity contribution in [2.45, 2.75) is 13.7 Å². The molecule has 1 aromatic rings. The van der Waals surface area contributed by atoms with Gasteiger partial charge in [0.25, 0.3) is 0 Å². The lowest BCUT2D eigenvalue weighted by Crippen LogP contribution is -2.23. The molecule has 6 nitrogen and oxygen atoms in total. The number of tetrazole rings is 1. The van der Waals surface area contributed by atoms with E-state index in [0.29, 0.717) is 0 Å². The summed E-state index contributed by atoms with van der Waals surface area (Å²) in [4.78, 5) is 11.2. The van der Waals surface area contributed by atoms with Crippen molar-refractivity contribution >= 4 is 6.20 Å². The zero-order valence-electron chi connectivity index (χ0n) is 6.97. The molecule has 6 heteroatoms. The molecule has 0 unspecified atom stereocenters. The smallest absolute Gasteiger partial charge is 0.362 e. The van der Waals surface area contributed by atoms with E-state index < -0.39 is 0 Å². The van der Waals surface area contributed by atoms with Crippen LogP contribution in [-0.2, 0) is 11.5 Å². The average molecular weight is 170 g/mol.